The lowest BCUT2D eigenvalue weighted by Gasteiger charge is -2.30. The number of amides is 1. The molecule has 0 saturated carbocycles. The summed E-state index contributed by atoms with van der Waals surface area (Å²) >= 11 is 0. The Balaban J connectivity index is 1.49. The Bertz CT molecular complexity index is 1160. The number of likely N-dealkylation sites (N-methyl/N-ethyl adjacent to an activating group) is 1. The average molecular weight is 468 g/mol. The molecule has 34 heavy (non-hydrogen) atoms. The molecular formula is C27H28F3N3O. The van der Waals surface area contributed by atoms with Crippen LogP contribution in [-0.4, -0.2) is 49.4 Å². The van der Waals surface area contributed by atoms with E-state index in [9.17, 15) is 18.0 Å². The van der Waals surface area contributed by atoms with E-state index in [4.69, 9.17) is 0 Å². The summed E-state index contributed by atoms with van der Waals surface area (Å²) in [5.41, 5.74) is 4.06. The lowest BCUT2D eigenvalue weighted by atomic mass is 9.97. The number of carbonyl (C=O) groups excluding carboxylic acids is 1. The first-order valence-corrected chi connectivity index (χ1v) is 11.3. The zero-order chi connectivity index (χ0) is 24.3. The van der Waals surface area contributed by atoms with Gasteiger partial charge in [-0.3, -0.25) is 9.69 Å². The Morgan fingerprint density at radius 3 is 2.44 bits per heavy atom. The van der Waals surface area contributed by atoms with Crippen molar-refractivity contribution in [3.8, 4) is 11.1 Å². The molecule has 0 bridgehead atoms. The van der Waals surface area contributed by atoms with Crippen molar-refractivity contribution < 1.29 is 18.0 Å². The lowest BCUT2D eigenvalue weighted by molar-refractivity contribution is -0.137. The minimum Gasteiger partial charge on any atom is -0.322 e. The van der Waals surface area contributed by atoms with E-state index in [1.807, 2.05) is 12.1 Å². The predicted octanol–water partition coefficient (Wildman–Crippen LogP) is 5.54. The first-order chi connectivity index (χ1) is 16.2. The molecule has 0 fully saturated rings. The van der Waals surface area contributed by atoms with Crippen LogP contribution >= 0.6 is 0 Å². The number of nitrogens with zero attached hydrogens (tertiary/aromatic N) is 2. The molecule has 0 unspecified atom stereocenters. The summed E-state index contributed by atoms with van der Waals surface area (Å²) in [5, 5.41) is 2.97. The topological polar surface area (TPSA) is 35.6 Å². The van der Waals surface area contributed by atoms with E-state index < -0.39 is 11.7 Å². The van der Waals surface area contributed by atoms with E-state index in [2.05, 4.69) is 35.3 Å². The van der Waals surface area contributed by atoms with Crippen molar-refractivity contribution in [2.75, 3.05) is 39.0 Å². The molecule has 0 atom stereocenters. The number of alkyl halides is 3. The predicted molar refractivity (Wildman–Crippen MR) is 129 cm³/mol. The number of fused-ring (bicyclic) bond motifs is 1. The maximum absolute atomic E-state index is 13.1. The van der Waals surface area contributed by atoms with Crippen molar-refractivity contribution >= 4 is 11.6 Å². The summed E-state index contributed by atoms with van der Waals surface area (Å²) in [6.07, 6.45) is -3.47. The molecule has 1 aliphatic rings. The van der Waals surface area contributed by atoms with E-state index in [-0.39, 0.29) is 5.91 Å². The van der Waals surface area contributed by atoms with Crippen LogP contribution < -0.4 is 5.32 Å². The highest BCUT2D eigenvalue weighted by atomic mass is 19.4. The lowest BCUT2D eigenvalue weighted by Crippen LogP contribution is -2.35. The van der Waals surface area contributed by atoms with Gasteiger partial charge in [0.2, 0.25) is 0 Å². The molecule has 4 nitrogen and oxygen atoms in total. The number of hydrogen-bond acceptors (Lipinski definition) is 3. The highest BCUT2D eigenvalue weighted by Crippen LogP contribution is 2.32. The summed E-state index contributed by atoms with van der Waals surface area (Å²) < 4.78 is 38.7. The fourth-order valence-electron chi connectivity index (χ4n) is 4.19. The summed E-state index contributed by atoms with van der Waals surface area (Å²) in [4.78, 5) is 17.7. The number of rotatable bonds is 6. The van der Waals surface area contributed by atoms with Gasteiger partial charge in [0.1, 0.15) is 0 Å². The van der Waals surface area contributed by atoms with Crippen molar-refractivity contribution in [2.45, 2.75) is 19.1 Å². The van der Waals surface area contributed by atoms with E-state index in [1.54, 1.807) is 24.3 Å². The number of anilines is 1. The van der Waals surface area contributed by atoms with Crippen LogP contribution in [0.5, 0.6) is 0 Å². The standard InChI is InChI=1S/C27H28F3N3O/c1-32(2)15-16-33-14-13-20-17-23(12-9-21(20)18-33)31-26(34)25-6-4-3-5-24(25)19-7-10-22(11-8-19)27(28,29)30/h3-12,17H,13-16,18H2,1-2H3,(H,31,34). The van der Waals surface area contributed by atoms with Gasteiger partial charge in [0, 0.05) is 37.4 Å². The maximum Gasteiger partial charge on any atom is 0.416 e. The number of hydrogen-bond donors (Lipinski definition) is 1. The SMILES string of the molecule is CN(C)CCN1CCc2cc(NC(=O)c3ccccc3-c3ccc(C(F)(F)F)cc3)ccc2C1. The molecule has 1 aliphatic heterocycles. The fraction of sp³-hybridized carbons (Fsp3) is 0.296. The van der Waals surface area contributed by atoms with Crippen molar-refractivity contribution in [1.82, 2.24) is 9.80 Å². The second-order valence-corrected chi connectivity index (χ2v) is 8.89. The average Bonchev–Trinajstić information content (AvgIpc) is 2.82. The summed E-state index contributed by atoms with van der Waals surface area (Å²) in [7, 11) is 4.14. The van der Waals surface area contributed by atoms with Gasteiger partial charge in [-0.2, -0.15) is 13.2 Å². The molecule has 0 radical (unpaired) electrons. The normalized spacial score (nSPS) is 14.2. The number of halogens is 3. The Morgan fingerprint density at radius 2 is 1.74 bits per heavy atom. The fourth-order valence-corrected chi connectivity index (χ4v) is 4.19. The zero-order valence-electron chi connectivity index (χ0n) is 19.3. The van der Waals surface area contributed by atoms with Gasteiger partial charge in [0.15, 0.2) is 0 Å². The van der Waals surface area contributed by atoms with Gasteiger partial charge in [-0.1, -0.05) is 36.4 Å². The highest BCUT2D eigenvalue weighted by molar-refractivity contribution is 6.08. The zero-order valence-corrected chi connectivity index (χ0v) is 19.3. The van der Waals surface area contributed by atoms with Crippen LogP contribution in [-0.2, 0) is 19.1 Å². The van der Waals surface area contributed by atoms with E-state index in [0.717, 1.165) is 44.7 Å². The molecule has 1 N–H and O–H groups in total. The highest BCUT2D eigenvalue weighted by Gasteiger charge is 2.30. The third-order valence-electron chi connectivity index (χ3n) is 6.11. The second kappa shape index (κ2) is 9.99. The maximum atomic E-state index is 13.1. The third kappa shape index (κ3) is 5.66. The van der Waals surface area contributed by atoms with Crippen molar-refractivity contribution in [3.63, 3.8) is 0 Å². The monoisotopic (exact) mass is 467 g/mol. The molecule has 0 saturated heterocycles. The first-order valence-electron chi connectivity index (χ1n) is 11.3. The van der Waals surface area contributed by atoms with Gasteiger partial charge in [-0.05, 0) is 73.1 Å². The van der Waals surface area contributed by atoms with E-state index >= 15 is 0 Å². The quantitative estimate of drug-likeness (QED) is 0.517. The van der Waals surface area contributed by atoms with Gasteiger partial charge in [0.05, 0.1) is 5.56 Å². The van der Waals surface area contributed by atoms with Crippen LogP contribution in [0, 0.1) is 0 Å². The van der Waals surface area contributed by atoms with Gasteiger partial charge < -0.3 is 10.2 Å². The molecular weight excluding hydrogens is 439 g/mol. The Labute approximate surface area is 198 Å². The van der Waals surface area contributed by atoms with Gasteiger partial charge in [-0.15, -0.1) is 0 Å². The molecule has 3 aromatic rings. The minimum atomic E-state index is -4.40. The molecule has 1 amide bonds. The number of nitrogens with one attached hydrogen (secondary N) is 1. The van der Waals surface area contributed by atoms with Crippen LogP contribution in [0.25, 0.3) is 11.1 Å². The Kier molecular flexibility index (Phi) is 7.05. The summed E-state index contributed by atoms with van der Waals surface area (Å²) in [5.74, 6) is -0.293. The van der Waals surface area contributed by atoms with Crippen LogP contribution in [0.1, 0.15) is 27.0 Å². The van der Waals surface area contributed by atoms with Gasteiger partial charge in [0.25, 0.3) is 5.91 Å². The number of carbonyl (C=O) groups is 1. The van der Waals surface area contributed by atoms with Crippen LogP contribution in [0.15, 0.2) is 66.7 Å². The second-order valence-electron chi connectivity index (χ2n) is 8.89. The summed E-state index contributed by atoms with van der Waals surface area (Å²) in [6, 6.07) is 17.8. The van der Waals surface area contributed by atoms with Crippen LogP contribution in [0.3, 0.4) is 0 Å². The summed E-state index contributed by atoms with van der Waals surface area (Å²) in [6.45, 7) is 3.91. The molecule has 7 heteroatoms. The van der Waals surface area contributed by atoms with Gasteiger partial charge in [-0.25, -0.2) is 0 Å². The van der Waals surface area contributed by atoms with E-state index in [0.29, 0.717) is 22.4 Å². The molecule has 0 spiro atoms. The van der Waals surface area contributed by atoms with Crippen molar-refractivity contribution in [2.24, 2.45) is 0 Å². The molecule has 178 valence electrons. The first kappa shape index (κ1) is 24.0. The molecule has 4 rings (SSSR count). The third-order valence-corrected chi connectivity index (χ3v) is 6.11. The largest absolute Gasteiger partial charge is 0.416 e. The van der Waals surface area contributed by atoms with Crippen molar-refractivity contribution in [3.05, 3.63) is 89.0 Å². The number of benzene rings is 3. The van der Waals surface area contributed by atoms with Crippen LogP contribution in [0.2, 0.25) is 0 Å². The molecule has 0 aliphatic carbocycles. The van der Waals surface area contributed by atoms with Gasteiger partial charge >= 0.3 is 6.18 Å². The van der Waals surface area contributed by atoms with Crippen molar-refractivity contribution in [1.29, 1.82) is 0 Å². The van der Waals surface area contributed by atoms with Crippen LogP contribution in [0.4, 0.5) is 18.9 Å². The smallest absolute Gasteiger partial charge is 0.322 e. The Hall–Kier alpha value is -3.16. The minimum absolute atomic E-state index is 0.293. The molecule has 3 aromatic carbocycles. The molecule has 1 heterocycles. The van der Waals surface area contributed by atoms with E-state index in [1.165, 1.54) is 23.3 Å². The Morgan fingerprint density at radius 1 is 1.00 bits per heavy atom. The molecule has 0 aromatic heterocycles.